The van der Waals surface area contributed by atoms with Gasteiger partial charge >= 0.3 is 5.97 Å². The Balaban J connectivity index is 1.45. The molecule has 1 atom stereocenters. The van der Waals surface area contributed by atoms with Crippen LogP contribution in [0.15, 0.2) is 77.7 Å². The molecule has 4 rings (SSSR count). The molecule has 0 bridgehead atoms. The van der Waals surface area contributed by atoms with Crippen LogP contribution in [0.25, 0.3) is 11.1 Å². The number of aliphatic carboxylic acids is 1. The van der Waals surface area contributed by atoms with Crippen LogP contribution in [0.1, 0.15) is 5.56 Å². The van der Waals surface area contributed by atoms with Crippen LogP contribution in [0.3, 0.4) is 0 Å². The molecule has 0 unspecified atom stereocenters. The number of hydrogen-bond acceptors (Lipinski definition) is 5. The molecule has 7 nitrogen and oxygen atoms in total. The van der Waals surface area contributed by atoms with Crippen LogP contribution in [-0.2, 0) is 21.2 Å². The molecule has 33 heavy (non-hydrogen) atoms. The average molecular weight is 487 g/mol. The number of nitrogens with two attached hydrogens (primary N) is 1. The van der Waals surface area contributed by atoms with Crippen molar-refractivity contribution >= 4 is 27.6 Å². The summed E-state index contributed by atoms with van der Waals surface area (Å²) in [6, 6.07) is 20.1. The largest absolute Gasteiger partial charge is 0.487 e. The lowest BCUT2D eigenvalue weighted by Crippen LogP contribution is -2.56. The molecule has 1 fully saturated rings. The van der Waals surface area contributed by atoms with E-state index in [4.69, 9.17) is 27.2 Å². The number of rotatable bonds is 8. The van der Waals surface area contributed by atoms with E-state index in [2.05, 4.69) is 0 Å². The number of carboxylic acid groups (broad SMARTS) is 1. The van der Waals surface area contributed by atoms with Gasteiger partial charge in [-0.15, -0.1) is 0 Å². The van der Waals surface area contributed by atoms with Crippen molar-refractivity contribution in [1.82, 2.24) is 4.31 Å². The first-order valence-corrected chi connectivity index (χ1v) is 12.2. The quantitative estimate of drug-likeness (QED) is 0.505. The highest BCUT2D eigenvalue weighted by atomic mass is 35.5. The van der Waals surface area contributed by atoms with E-state index in [0.717, 1.165) is 11.1 Å². The van der Waals surface area contributed by atoms with E-state index in [1.165, 1.54) is 16.4 Å². The van der Waals surface area contributed by atoms with Gasteiger partial charge < -0.3 is 15.6 Å². The van der Waals surface area contributed by atoms with Gasteiger partial charge in [0.15, 0.2) is 0 Å². The Kier molecular flexibility index (Phi) is 6.71. The minimum absolute atomic E-state index is 0.0449. The first-order valence-electron chi connectivity index (χ1n) is 10.3. The van der Waals surface area contributed by atoms with Crippen LogP contribution in [-0.4, -0.2) is 49.0 Å². The maximum absolute atomic E-state index is 13.0. The van der Waals surface area contributed by atoms with E-state index in [1.54, 1.807) is 12.1 Å². The molecular weight excluding hydrogens is 464 g/mol. The first-order chi connectivity index (χ1) is 15.8. The Labute approximate surface area is 197 Å². The summed E-state index contributed by atoms with van der Waals surface area (Å²) >= 11 is 6.34. The zero-order valence-electron chi connectivity index (χ0n) is 17.6. The Morgan fingerprint density at radius 1 is 1.06 bits per heavy atom. The Hall–Kier alpha value is -2.91. The number of para-hydroxylation sites is 1. The van der Waals surface area contributed by atoms with Gasteiger partial charge in [0, 0.05) is 16.1 Å². The molecule has 1 aliphatic rings. The average Bonchev–Trinajstić information content (AvgIpc) is 2.76. The van der Waals surface area contributed by atoms with Crippen LogP contribution in [0, 0.1) is 0 Å². The molecule has 3 N–H and O–H groups in total. The predicted octanol–water partition coefficient (Wildman–Crippen LogP) is 3.41. The highest BCUT2D eigenvalue weighted by molar-refractivity contribution is 7.89. The SMILES string of the molecule is N[C@@H](Cc1cccc(S(=O)(=O)N2CC(Oc3ccccc3-c3ccccc3Cl)C2)c1)C(=O)O. The Bertz CT molecular complexity index is 1280. The number of sulfonamides is 1. The van der Waals surface area contributed by atoms with Gasteiger partial charge in [-0.3, -0.25) is 4.79 Å². The summed E-state index contributed by atoms with van der Waals surface area (Å²) in [6.07, 6.45) is -0.254. The highest BCUT2D eigenvalue weighted by Gasteiger charge is 2.38. The number of nitrogens with zero attached hydrogens (tertiary/aromatic N) is 1. The summed E-state index contributed by atoms with van der Waals surface area (Å²) in [6.45, 7) is 0.413. The minimum Gasteiger partial charge on any atom is -0.487 e. The molecule has 0 spiro atoms. The molecule has 0 radical (unpaired) electrons. The number of benzene rings is 3. The smallest absolute Gasteiger partial charge is 0.320 e. The number of hydrogen-bond donors (Lipinski definition) is 2. The Morgan fingerprint density at radius 2 is 1.73 bits per heavy atom. The van der Waals surface area contributed by atoms with Crippen LogP contribution >= 0.6 is 11.6 Å². The fourth-order valence-corrected chi connectivity index (χ4v) is 5.46. The van der Waals surface area contributed by atoms with Gasteiger partial charge in [-0.25, -0.2) is 8.42 Å². The lowest BCUT2D eigenvalue weighted by molar-refractivity contribution is -0.138. The molecule has 0 aliphatic carbocycles. The van der Waals surface area contributed by atoms with Crippen LogP contribution in [0.4, 0.5) is 0 Å². The zero-order valence-corrected chi connectivity index (χ0v) is 19.2. The molecule has 172 valence electrons. The van der Waals surface area contributed by atoms with Gasteiger partial charge in [0.2, 0.25) is 10.0 Å². The second-order valence-corrected chi connectivity index (χ2v) is 10.2. The maximum atomic E-state index is 13.0. The predicted molar refractivity (Wildman–Crippen MR) is 126 cm³/mol. The number of carbonyl (C=O) groups is 1. The summed E-state index contributed by atoms with van der Waals surface area (Å²) in [5, 5.41) is 9.60. The topological polar surface area (TPSA) is 110 Å². The molecule has 0 amide bonds. The Morgan fingerprint density at radius 3 is 2.42 bits per heavy atom. The van der Waals surface area contributed by atoms with Crippen molar-refractivity contribution in [2.45, 2.75) is 23.5 Å². The fourth-order valence-electron chi connectivity index (χ4n) is 3.65. The van der Waals surface area contributed by atoms with E-state index in [-0.39, 0.29) is 30.5 Å². The summed E-state index contributed by atoms with van der Waals surface area (Å²) < 4.78 is 33.5. The molecule has 1 saturated heterocycles. The van der Waals surface area contributed by atoms with Gasteiger partial charge in [0.25, 0.3) is 0 Å². The second-order valence-electron chi connectivity index (χ2n) is 7.83. The third kappa shape index (κ3) is 5.04. The van der Waals surface area contributed by atoms with E-state index in [1.807, 2.05) is 48.5 Å². The van der Waals surface area contributed by atoms with Crippen molar-refractivity contribution < 1.29 is 23.1 Å². The third-order valence-electron chi connectivity index (χ3n) is 5.47. The maximum Gasteiger partial charge on any atom is 0.320 e. The number of carboxylic acids is 1. The van der Waals surface area contributed by atoms with E-state index >= 15 is 0 Å². The zero-order chi connectivity index (χ0) is 23.6. The van der Waals surface area contributed by atoms with Crippen molar-refractivity contribution in [2.24, 2.45) is 5.73 Å². The van der Waals surface area contributed by atoms with Crippen molar-refractivity contribution in [3.63, 3.8) is 0 Å². The van der Waals surface area contributed by atoms with Gasteiger partial charge in [0.05, 0.1) is 18.0 Å². The lowest BCUT2D eigenvalue weighted by atomic mass is 10.0. The summed E-state index contributed by atoms with van der Waals surface area (Å²) in [5.74, 6) is -0.500. The molecule has 9 heteroatoms. The first kappa shape index (κ1) is 23.3. The van der Waals surface area contributed by atoms with Crippen molar-refractivity contribution in [1.29, 1.82) is 0 Å². The van der Waals surface area contributed by atoms with E-state index < -0.39 is 22.0 Å². The fraction of sp³-hybridized carbons (Fsp3) is 0.208. The van der Waals surface area contributed by atoms with E-state index in [0.29, 0.717) is 16.3 Å². The molecule has 3 aromatic rings. The molecule has 1 aliphatic heterocycles. The monoisotopic (exact) mass is 486 g/mol. The molecule has 1 heterocycles. The summed E-state index contributed by atoms with van der Waals surface area (Å²) in [4.78, 5) is 11.1. The van der Waals surface area contributed by atoms with Crippen molar-refractivity contribution in [2.75, 3.05) is 13.1 Å². The van der Waals surface area contributed by atoms with Gasteiger partial charge in [0.1, 0.15) is 17.9 Å². The molecule has 3 aromatic carbocycles. The van der Waals surface area contributed by atoms with Crippen LogP contribution < -0.4 is 10.5 Å². The molecule has 0 saturated carbocycles. The van der Waals surface area contributed by atoms with Gasteiger partial charge in [-0.2, -0.15) is 4.31 Å². The standard InChI is InChI=1S/C24H23ClN2O5S/c25-21-10-3-1-8-19(21)20-9-2-4-11-23(20)32-17-14-27(15-17)33(30,31)18-7-5-6-16(12-18)13-22(26)24(28)29/h1-12,17,22H,13-15,26H2,(H,28,29)/t22-/m0/s1. The highest BCUT2D eigenvalue weighted by Crippen LogP contribution is 2.36. The normalized spacial score (nSPS) is 15.6. The van der Waals surface area contributed by atoms with Gasteiger partial charge in [-0.1, -0.05) is 60.1 Å². The third-order valence-corrected chi connectivity index (χ3v) is 7.63. The van der Waals surface area contributed by atoms with E-state index in [9.17, 15) is 13.2 Å². The second kappa shape index (κ2) is 9.52. The summed E-state index contributed by atoms with van der Waals surface area (Å²) in [5.41, 5.74) is 7.81. The minimum atomic E-state index is -3.73. The number of ether oxygens (including phenoxy) is 1. The van der Waals surface area contributed by atoms with Crippen LogP contribution in [0.5, 0.6) is 5.75 Å². The summed E-state index contributed by atoms with van der Waals surface area (Å²) in [7, 11) is -3.73. The van der Waals surface area contributed by atoms with Crippen LogP contribution in [0.2, 0.25) is 5.02 Å². The molecular formula is C24H23ClN2O5S. The molecule has 0 aromatic heterocycles. The lowest BCUT2D eigenvalue weighted by Gasteiger charge is -2.38. The number of halogens is 1. The van der Waals surface area contributed by atoms with Crippen molar-refractivity contribution in [3.8, 4) is 16.9 Å². The van der Waals surface area contributed by atoms with Gasteiger partial charge in [-0.05, 0) is 36.2 Å². The van der Waals surface area contributed by atoms with Crippen molar-refractivity contribution in [3.05, 3.63) is 83.4 Å².